The van der Waals surface area contributed by atoms with Crippen molar-refractivity contribution in [3.05, 3.63) is 107 Å². The minimum Gasteiger partial charge on any atom is -0.379 e. The Morgan fingerprint density at radius 1 is 0.950 bits per heavy atom. The van der Waals surface area contributed by atoms with Gasteiger partial charge < -0.3 is 10.1 Å². The van der Waals surface area contributed by atoms with Crippen molar-refractivity contribution in [1.29, 1.82) is 0 Å². The van der Waals surface area contributed by atoms with E-state index in [1.807, 2.05) is 43.3 Å². The number of rotatable bonds is 11. The number of ether oxygens (including phenoxy) is 1. The molecule has 0 bridgehead atoms. The van der Waals surface area contributed by atoms with Crippen LogP contribution in [0.5, 0.6) is 0 Å². The van der Waals surface area contributed by atoms with Crippen molar-refractivity contribution in [3.8, 4) is 11.3 Å². The molecule has 1 N–H and O–H groups in total. The van der Waals surface area contributed by atoms with E-state index in [1.165, 1.54) is 0 Å². The number of hydrogen-bond acceptors (Lipinski definition) is 8. The molecule has 0 unspecified atom stereocenters. The summed E-state index contributed by atoms with van der Waals surface area (Å²) in [5.41, 5.74) is 5.22. The van der Waals surface area contributed by atoms with E-state index in [1.54, 1.807) is 30.7 Å². The molecule has 3 heterocycles. The molecule has 204 valence electrons. The van der Waals surface area contributed by atoms with E-state index in [0.717, 1.165) is 61.6 Å². The molecule has 8 nitrogen and oxygen atoms in total. The lowest BCUT2D eigenvalue weighted by Crippen LogP contribution is -2.39. The van der Waals surface area contributed by atoms with E-state index < -0.39 is 0 Å². The molecular formula is C32H33N5O3. The smallest absolute Gasteiger partial charge is 0.188 e. The zero-order chi connectivity index (χ0) is 27.7. The van der Waals surface area contributed by atoms with Crippen molar-refractivity contribution in [2.45, 2.75) is 19.8 Å². The van der Waals surface area contributed by atoms with Gasteiger partial charge >= 0.3 is 0 Å². The highest BCUT2D eigenvalue weighted by Crippen LogP contribution is 2.24. The maximum Gasteiger partial charge on any atom is 0.188 e. The number of hydrogen-bond donors (Lipinski definition) is 1. The van der Waals surface area contributed by atoms with Gasteiger partial charge in [-0.25, -0.2) is 4.98 Å². The number of aromatic nitrogens is 3. The Labute approximate surface area is 234 Å². The Kier molecular flexibility index (Phi) is 9.00. The summed E-state index contributed by atoms with van der Waals surface area (Å²) < 4.78 is 5.42. The predicted molar refractivity (Wildman–Crippen MR) is 155 cm³/mol. The standard InChI is InChI=1S/C32H33N5O3/c1-23-7-8-34-28(15-23)31(39)20-30(38)27-18-25(16-24-5-3-2-4-6-24)17-26(19-27)29-21-33-22-32(36-29)35-9-10-37-11-13-40-14-12-37/h2-8,15,17-19,21-22H,9-14,16,20H2,1H3,(H,35,36). The van der Waals surface area contributed by atoms with Crippen LogP contribution in [0.3, 0.4) is 0 Å². The molecule has 2 aromatic heterocycles. The molecule has 1 saturated heterocycles. The maximum atomic E-state index is 13.3. The highest BCUT2D eigenvalue weighted by atomic mass is 16.5. The summed E-state index contributed by atoms with van der Waals surface area (Å²) in [4.78, 5) is 41.9. The summed E-state index contributed by atoms with van der Waals surface area (Å²) in [6, 6.07) is 19.3. The van der Waals surface area contributed by atoms with Gasteiger partial charge in [0.1, 0.15) is 11.5 Å². The number of benzene rings is 2. The van der Waals surface area contributed by atoms with Crippen LogP contribution in [0.4, 0.5) is 5.82 Å². The van der Waals surface area contributed by atoms with Gasteiger partial charge in [-0.15, -0.1) is 0 Å². The molecular weight excluding hydrogens is 502 g/mol. The highest BCUT2D eigenvalue weighted by Gasteiger charge is 2.18. The Morgan fingerprint density at radius 2 is 1.77 bits per heavy atom. The number of Topliss-reactive ketones (excluding diaryl/α,β-unsaturated/α-hetero) is 2. The number of ketones is 2. The molecule has 0 amide bonds. The Morgan fingerprint density at radius 3 is 2.58 bits per heavy atom. The fourth-order valence-corrected chi connectivity index (χ4v) is 4.72. The molecule has 0 spiro atoms. The summed E-state index contributed by atoms with van der Waals surface area (Å²) in [6.07, 6.45) is 5.39. The van der Waals surface area contributed by atoms with Crippen LogP contribution in [0, 0.1) is 6.92 Å². The van der Waals surface area contributed by atoms with Crippen LogP contribution in [0.15, 0.2) is 79.3 Å². The monoisotopic (exact) mass is 535 g/mol. The van der Waals surface area contributed by atoms with Crippen molar-refractivity contribution in [2.75, 3.05) is 44.7 Å². The lowest BCUT2D eigenvalue weighted by Gasteiger charge is -2.26. The predicted octanol–water partition coefficient (Wildman–Crippen LogP) is 4.64. The minimum absolute atomic E-state index is 0.250. The van der Waals surface area contributed by atoms with E-state index in [2.05, 4.69) is 32.3 Å². The van der Waals surface area contributed by atoms with Gasteiger partial charge in [0, 0.05) is 43.5 Å². The van der Waals surface area contributed by atoms with E-state index >= 15 is 0 Å². The first-order chi connectivity index (χ1) is 19.5. The molecule has 1 fully saturated rings. The topological polar surface area (TPSA) is 97.3 Å². The number of anilines is 1. The average Bonchev–Trinajstić information content (AvgIpc) is 2.98. The molecule has 0 radical (unpaired) electrons. The molecule has 8 heteroatoms. The van der Waals surface area contributed by atoms with E-state index in [0.29, 0.717) is 29.2 Å². The number of pyridine rings is 1. The van der Waals surface area contributed by atoms with Gasteiger partial charge in [-0.3, -0.25) is 24.5 Å². The van der Waals surface area contributed by atoms with Gasteiger partial charge in [0.15, 0.2) is 11.6 Å². The van der Waals surface area contributed by atoms with Crippen LogP contribution < -0.4 is 5.32 Å². The third kappa shape index (κ3) is 7.43. The second kappa shape index (κ2) is 13.2. The first-order valence-electron chi connectivity index (χ1n) is 13.6. The molecule has 1 aliphatic rings. The van der Waals surface area contributed by atoms with E-state index in [-0.39, 0.29) is 18.0 Å². The number of carbonyl (C=O) groups is 2. The number of nitrogens with one attached hydrogen (secondary N) is 1. The molecule has 2 aromatic carbocycles. The maximum absolute atomic E-state index is 13.3. The Balaban J connectivity index is 1.37. The van der Waals surface area contributed by atoms with Crippen molar-refractivity contribution in [1.82, 2.24) is 19.9 Å². The molecule has 40 heavy (non-hydrogen) atoms. The fraction of sp³-hybridized carbons (Fsp3) is 0.281. The van der Waals surface area contributed by atoms with Gasteiger partial charge in [0.2, 0.25) is 0 Å². The Hall–Kier alpha value is -4.27. The number of carbonyl (C=O) groups excluding carboxylic acids is 2. The molecule has 4 aromatic rings. The summed E-state index contributed by atoms with van der Waals surface area (Å²) in [5.74, 6) is 0.125. The quantitative estimate of drug-likeness (QED) is 0.219. The molecule has 0 atom stereocenters. The minimum atomic E-state index is -0.296. The number of aryl methyl sites for hydroxylation is 1. The molecule has 1 aliphatic heterocycles. The first kappa shape index (κ1) is 27.3. The van der Waals surface area contributed by atoms with Gasteiger partial charge in [-0.1, -0.05) is 30.3 Å². The van der Waals surface area contributed by atoms with E-state index in [9.17, 15) is 9.59 Å². The SMILES string of the molecule is Cc1ccnc(C(=O)CC(=O)c2cc(Cc3ccccc3)cc(-c3cncc(NCCN4CCOCC4)n3)c2)c1. The van der Waals surface area contributed by atoms with Crippen LogP contribution in [-0.2, 0) is 11.2 Å². The Bertz CT molecular complexity index is 1470. The van der Waals surface area contributed by atoms with Gasteiger partial charge in [-0.05, 0) is 60.4 Å². The number of nitrogens with zero attached hydrogens (tertiary/aromatic N) is 4. The average molecular weight is 536 g/mol. The van der Waals surface area contributed by atoms with Crippen LogP contribution in [-0.4, -0.2) is 70.8 Å². The van der Waals surface area contributed by atoms with Gasteiger partial charge in [0.05, 0.1) is 37.7 Å². The van der Waals surface area contributed by atoms with Crippen LogP contribution in [0.2, 0.25) is 0 Å². The third-order valence-corrected chi connectivity index (χ3v) is 6.86. The highest BCUT2D eigenvalue weighted by molar-refractivity contribution is 6.13. The van der Waals surface area contributed by atoms with Crippen molar-refractivity contribution in [3.63, 3.8) is 0 Å². The van der Waals surface area contributed by atoms with Crippen LogP contribution in [0.1, 0.15) is 44.0 Å². The molecule has 0 saturated carbocycles. The first-order valence-corrected chi connectivity index (χ1v) is 13.6. The summed E-state index contributed by atoms with van der Waals surface area (Å²) in [5, 5.41) is 3.37. The zero-order valence-corrected chi connectivity index (χ0v) is 22.7. The second-order valence-electron chi connectivity index (χ2n) is 9.99. The summed E-state index contributed by atoms with van der Waals surface area (Å²) >= 11 is 0. The van der Waals surface area contributed by atoms with Gasteiger partial charge in [-0.2, -0.15) is 0 Å². The van der Waals surface area contributed by atoms with E-state index in [4.69, 9.17) is 9.72 Å². The third-order valence-electron chi connectivity index (χ3n) is 6.86. The summed E-state index contributed by atoms with van der Waals surface area (Å²) in [7, 11) is 0. The van der Waals surface area contributed by atoms with Crippen molar-refractivity contribution < 1.29 is 14.3 Å². The fourth-order valence-electron chi connectivity index (χ4n) is 4.72. The van der Waals surface area contributed by atoms with Crippen LogP contribution >= 0.6 is 0 Å². The lowest BCUT2D eigenvalue weighted by molar-refractivity contribution is 0.0398. The zero-order valence-electron chi connectivity index (χ0n) is 22.7. The second-order valence-corrected chi connectivity index (χ2v) is 9.99. The van der Waals surface area contributed by atoms with Crippen molar-refractivity contribution >= 4 is 17.4 Å². The molecule has 0 aliphatic carbocycles. The lowest BCUT2D eigenvalue weighted by atomic mass is 9.95. The number of morpholine rings is 1. The summed E-state index contributed by atoms with van der Waals surface area (Å²) in [6.45, 7) is 6.93. The van der Waals surface area contributed by atoms with Crippen molar-refractivity contribution in [2.24, 2.45) is 0 Å². The molecule has 5 rings (SSSR count). The largest absolute Gasteiger partial charge is 0.379 e. The van der Waals surface area contributed by atoms with Crippen LogP contribution in [0.25, 0.3) is 11.3 Å². The van der Waals surface area contributed by atoms with Gasteiger partial charge in [0.25, 0.3) is 0 Å². The normalized spacial score (nSPS) is 13.6.